The minimum atomic E-state index is -1.04. The summed E-state index contributed by atoms with van der Waals surface area (Å²) in [5.74, 6) is -0.486. The average molecular weight is 392 g/mol. The van der Waals surface area contributed by atoms with E-state index in [4.69, 9.17) is 19.2 Å². The third-order valence-corrected chi connectivity index (χ3v) is 4.34. The lowest BCUT2D eigenvalue weighted by molar-refractivity contribution is -0.123. The number of esters is 1. The molecule has 7 heteroatoms. The van der Waals surface area contributed by atoms with Crippen LogP contribution in [0.3, 0.4) is 0 Å². The Morgan fingerprint density at radius 1 is 1.21 bits per heavy atom. The molecule has 3 rings (SSSR count). The number of aryl methyl sites for hydroxylation is 1. The number of carbonyl (C=O) groups excluding carboxylic acids is 2. The van der Waals surface area contributed by atoms with E-state index in [1.165, 1.54) is 6.92 Å². The minimum Gasteiger partial charge on any atom is -0.494 e. The molecule has 0 aliphatic heterocycles. The summed E-state index contributed by atoms with van der Waals surface area (Å²) in [7, 11) is 0. The summed E-state index contributed by atoms with van der Waals surface area (Å²) in [6.45, 7) is 5.64. The number of carbonyl (C=O) groups is 2. The molecule has 3 aromatic rings. The Kier molecular flexibility index (Phi) is 5.84. The Bertz CT molecular complexity index is 1090. The van der Waals surface area contributed by atoms with E-state index >= 15 is 0 Å². The normalized spacial score (nSPS) is 11.5. The molecule has 1 atom stereocenters. The molecular weight excluding hydrogens is 372 g/mol. The van der Waals surface area contributed by atoms with E-state index < -0.39 is 18.0 Å². The molecular formula is C22H20N2O5. The third kappa shape index (κ3) is 4.38. The highest BCUT2D eigenvalue weighted by atomic mass is 16.6. The van der Waals surface area contributed by atoms with Crippen molar-refractivity contribution >= 4 is 28.5 Å². The van der Waals surface area contributed by atoms with Crippen LogP contribution in [0.5, 0.6) is 5.75 Å². The lowest BCUT2D eigenvalue weighted by Gasteiger charge is -2.13. The third-order valence-electron chi connectivity index (χ3n) is 4.34. The summed E-state index contributed by atoms with van der Waals surface area (Å²) in [5.41, 5.74) is 2.13. The van der Waals surface area contributed by atoms with Gasteiger partial charge in [0.05, 0.1) is 18.2 Å². The fraction of sp³-hybridized carbons (Fsp3) is 0.227. The van der Waals surface area contributed by atoms with Crippen molar-refractivity contribution in [1.82, 2.24) is 0 Å². The number of amides is 1. The first-order chi connectivity index (χ1) is 13.9. The number of hydrogen-bond acceptors (Lipinski definition) is 6. The fourth-order valence-electron chi connectivity index (χ4n) is 2.79. The van der Waals surface area contributed by atoms with Gasteiger partial charge >= 0.3 is 5.97 Å². The molecule has 0 saturated heterocycles. The first-order valence-corrected chi connectivity index (χ1v) is 9.11. The SMILES string of the molecule is CCOc1ccc2oc(C(=O)O[C@H](C)C(=O)Nc3ccc(C#N)cc3)c(C)c2c1. The molecule has 0 radical (unpaired) electrons. The molecule has 1 N–H and O–H groups in total. The second-order valence-corrected chi connectivity index (χ2v) is 6.37. The predicted octanol–water partition coefficient (Wildman–Crippen LogP) is 4.20. The van der Waals surface area contributed by atoms with Crippen molar-refractivity contribution in [2.45, 2.75) is 26.9 Å². The molecule has 0 saturated carbocycles. The number of ether oxygens (including phenoxy) is 2. The van der Waals surface area contributed by atoms with Crippen molar-refractivity contribution in [3.63, 3.8) is 0 Å². The van der Waals surface area contributed by atoms with Crippen LogP contribution in [0.25, 0.3) is 11.0 Å². The summed E-state index contributed by atoms with van der Waals surface area (Å²) in [5, 5.41) is 12.2. The maximum atomic E-state index is 12.5. The van der Waals surface area contributed by atoms with Gasteiger partial charge in [-0.1, -0.05) is 0 Å². The summed E-state index contributed by atoms with van der Waals surface area (Å²) in [6.07, 6.45) is -1.04. The van der Waals surface area contributed by atoms with Gasteiger partial charge in [-0.3, -0.25) is 4.79 Å². The molecule has 2 aromatic carbocycles. The van der Waals surface area contributed by atoms with Crippen LogP contribution >= 0.6 is 0 Å². The first-order valence-electron chi connectivity index (χ1n) is 9.11. The smallest absolute Gasteiger partial charge is 0.375 e. The molecule has 1 amide bonds. The van der Waals surface area contributed by atoms with E-state index in [9.17, 15) is 9.59 Å². The van der Waals surface area contributed by atoms with Crippen LogP contribution in [-0.4, -0.2) is 24.6 Å². The quantitative estimate of drug-likeness (QED) is 0.631. The number of fused-ring (bicyclic) bond motifs is 1. The average Bonchev–Trinajstić information content (AvgIpc) is 3.05. The molecule has 0 spiro atoms. The molecule has 1 aromatic heterocycles. The van der Waals surface area contributed by atoms with Crippen molar-refractivity contribution < 1.29 is 23.5 Å². The molecule has 0 aliphatic rings. The minimum absolute atomic E-state index is 0.0478. The van der Waals surface area contributed by atoms with E-state index in [0.29, 0.717) is 34.8 Å². The van der Waals surface area contributed by atoms with E-state index in [1.807, 2.05) is 13.0 Å². The Morgan fingerprint density at radius 3 is 2.59 bits per heavy atom. The first kappa shape index (κ1) is 20.0. The van der Waals surface area contributed by atoms with Crippen molar-refractivity contribution in [3.05, 3.63) is 59.4 Å². The van der Waals surface area contributed by atoms with Crippen LogP contribution in [0.15, 0.2) is 46.9 Å². The van der Waals surface area contributed by atoms with Crippen LogP contribution in [0.2, 0.25) is 0 Å². The van der Waals surface area contributed by atoms with Crippen LogP contribution in [0.4, 0.5) is 5.69 Å². The van der Waals surface area contributed by atoms with E-state index in [2.05, 4.69) is 5.32 Å². The van der Waals surface area contributed by atoms with Crippen molar-refractivity contribution in [1.29, 1.82) is 5.26 Å². The number of rotatable bonds is 6. The van der Waals surface area contributed by atoms with Gasteiger partial charge in [0.1, 0.15) is 11.3 Å². The summed E-state index contributed by atoms with van der Waals surface area (Å²) in [6, 6.07) is 13.7. The van der Waals surface area contributed by atoms with Gasteiger partial charge in [0.15, 0.2) is 6.10 Å². The van der Waals surface area contributed by atoms with Gasteiger partial charge in [-0.2, -0.15) is 5.26 Å². The summed E-state index contributed by atoms with van der Waals surface area (Å²) < 4.78 is 16.4. The van der Waals surface area contributed by atoms with E-state index in [0.717, 1.165) is 5.39 Å². The molecule has 0 unspecified atom stereocenters. The highest BCUT2D eigenvalue weighted by Gasteiger charge is 2.24. The van der Waals surface area contributed by atoms with Gasteiger partial charge in [-0.15, -0.1) is 0 Å². The van der Waals surface area contributed by atoms with Crippen LogP contribution in [0.1, 0.15) is 35.5 Å². The molecule has 148 valence electrons. The number of nitrogens with zero attached hydrogens (tertiary/aromatic N) is 1. The van der Waals surface area contributed by atoms with Crippen molar-refractivity contribution in [2.24, 2.45) is 0 Å². The second-order valence-electron chi connectivity index (χ2n) is 6.37. The number of benzene rings is 2. The molecule has 0 aliphatic carbocycles. The maximum absolute atomic E-state index is 12.5. The zero-order valence-corrected chi connectivity index (χ0v) is 16.3. The highest BCUT2D eigenvalue weighted by molar-refractivity contribution is 5.99. The molecule has 0 fully saturated rings. The zero-order valence-electron chi connectivity index (χ0n) is 16.3. The molecule has 1 heterocycles. The molecule has 29 heavy (non-hydrogen) atoms. The van der Waals surface area contributed by atoms with Gasteiger partial charge in [-0.05, 0) is 63.2 Å². The van der Waals surface area contributed by atoms with Crippen LogP contribution in [0, 0.1) is 18.3 Å². The van der Waals surface area contributed by atoms with Crippen LogP contribution in [-0.2, 0) is 9.53 Å². The van der Waals surface area contributed by atoms with Gasteiger partial charge in [0, 0.05) is 16.6 Å². The van der Waals surface area contributed by atoms with Gasteiger partial charge in [0.2, 0.25) is 5.76 Å². The topological polar surface area (TPSA) is 102 Å². The number of anilines is 1. The standard InChI is InChI=1S/C22H20N2O5/c1-4-27-17-9-10-19-18(11-17)13(2)20(29-19)22(26)28-14(3)21(25)24-16-7-5-15(12-23)6-8-16/h5-11,14H,4H2,1-3H3,(H,24,25)/t14-/m1/s1. The fourth-order valence-corrected chi connectivity index (χ4v) is 2.79. The number of nitriles is 1. The predicted molar refractivity (Wildman–Crippen MR) is 107 cm³/mol. The maximum Gasteiger partial charge on any atom is 0.375 e. The molecule has 0 bridgehead atoms. The Balaban J connectivity index is 1.70. The Hall–Kier alpha value is -3.79. The second kappa shape index (κ2) is 8.48. The van der Waals surface area contributed by atoms with E-state index in [1.54, 1.807) is 49.4 Å². The van der Waals surface area contributed by atoms with Gasteiger partial charge < -0.3 is 19.2 Å². The number of furan rings is 1. The van der Waals surface area contributed by atoms with Crippen molar-refractivity contribution in [2.75, 3.05) is 11.9 Å². The zero-order chi connectivity index (χ0) is 21.0. The summed E-state index contributed by atoms with van der Waals surface area (Å²) >= 11 is 0. The largest absolute Gasteiger partial charge is 0.494 e. The number of hydrogen-bond donors (Lipinski definition) is 1. The highest BCUT2D eigenvalue weighted by Crippen LogP contribution is 2.29. The van der Waals surface area contributed by atoms with Crippen molar-refractivity contribution in [3.8, 4) is 11.8 Å². The van der Waals surface area contributed by atoms with Crippen LogP contribution < -0.4 is 10.1 Å². The Labute approximate surface area is 167 Å². The van der Waals surface area contributed by atoms with Gasteiger partial charge in [0.25, 0.3) is 5.91 Å². The van der Waals surface area contributed by atoms with E-state index in [-0.39, 0.29) is 5.76 Å². The Morgan fingerprint density at radius 2 is 1.93 bits per heavy atom. The van der Waals surface area contributed by atoms with Gasteiger partial charge in [-0.25, -0.2) is 4.79 Å². The summed E-state index contributed by atoms with van der Waals surface area (Å²) in [4.78, 5) is 24.8. The monoisotopic (exact) mass is 392 g/mol. The molecule has 7 nitrogen and oxygen atoms in total. The number of nitrogens with one attached hydrogen (secondary N) is 1. The lowest BCUT2D eigenvalue weighted by atomic mass is 10.1. The lowest BCUT2D eigenvalue weighted by Crippen LogP contribution is -2.30.